The molecule has 0 aromatic heterocycles. The molecule has 1 aliphatic heterocycles. The Morgan fingerprint density at radius 3 is 2.44 bits per heavy atom. The number of carbonyl (C=O) groups is 1. The lowest BCUT2D eigenvalue weighted by atomic mass is 9.84. The zero-order valence-electron chi connectivity index (χ0n) is 11.1. The van der Waals surface area contributed by atoms with Crippen LogP contribution in [-0.2, 0) is 4.79 Å². The van der Waals surface area contributed by atoms with Gasteiger partial charge in [0.25, 0.3) is 0 Å². The van der Waals surface area contributed by atoms with E-state index in [1.54, 1.807) is 0 Å². The van der Waals surface area contributed by atoms with Crippen molar-refractivity contribution in [3.05, 3.63) is 0 Å². The van der Waals surface area contributed by atoms with Crippen LogP contribution in [0.1, 0.15) is 47.0 Å². The molecule has 0 bridgehead atoms. The fourth-order valence-corrected chi connectivity index (χ4v) is 2.34. The van der Waals surface area contributed by atoms with Crippen LogP contribution >= 0.6 is 0 Å². The molecule has 2 N–H and O–H groups in total. The van der Waals surface area contributed by atoms with E-state index in [0.717, 1.165) is 13.1 Å². The van der Waals surface area contributed by atoms with Crippen LogP contribution in [0.15, 0.2) is 0 Å². The molecule has 1 aliphatic rings. The number of hydrogen-bond acceptors (Lipinski definition) is 2. The number of carbonyl (C=O) groups excluding carboxylic acids is 1. The van der Waals surface area contributed by atoms with Gasteiger partial charge in [-0.15, -0.1) is 0 Å². The van der Waals surface area contributed by atoms with Gasteiger partial charge in [0.1, 0.15) is 0 Å². The highest BCUT2D eigenvalue weighted by Gasteiger charge is 2.23. The summed E-state index contributed by atoms with van der Waals surface area (Å²) in [7, 11) is 0. The maximum atomic E-state index is 11.8. The molecule has 3 nitrogen and oxygen atoms in total. The Morgan fingerprint density at radius 1 is 1.38 bits per heavy atom. The molecule has 0 aliphatic carbocycles. The summed E-state index contributed by atoms with van der Waals surface area (Å²) in [6.07, 6.45) is 3.09. The molecular weight excluding hydrogens is 200 g/mol. The second kappa shape index (κ2) is 5.67. The minimum absolute atomic E-state index is 0.106. The molecular formula is C13H26N2O. The number of rotatable bonds is 3. The van der Waals surface area contributed by atoms with Gasteiger partial charge in [0.05, 0.1) is 0 Å². The Kier molecular flexibility index (Phi) is 4.78. The zero-order valence-corrected chi connectivity index (χ0v) is 11.1. The quantitative estimate of drug-likeness (QED) is 0.772. The van der Waals surface area contributed by atoms with Gasteiger partial charge in [-0.2, -0.15) is 0 Å². The third-order valence-corrected chi connectivity index (χ3v) is 3.21. The Bertz CT molecular complexity index is 227. The molecule has 0 radical (unpaired) electrons. The van der Waals surface area contributed by atoms with Gasteiger partial charge in [0, 0.05) is 12.0 Å². The predicted molar refractivity (Wildman–Crippen MR) is 67.3 cm³/mol. The van der Waals surface area contributed by atoms with E-state index >= 15 is 0 Å². The third kappa shape index (κ3) is 4.97. The topological polar surface area (TPSA) is 41.1 Å². The first-order chi connectivity index (χ1) is 7.38. The average Bonchev–Trinajstić information content (AvgIpc) is 2.16. The SMILES string of the molecule is CC(CC(=O)NC(C)(C)C)C1CCNCC1. The lowest BCUT2D eigenvalue weighted by Crippen LogP contribution is -2.42. The molecule has 0 spiro atoms. The fraction of sp³-hybridized carbons (Fsp3) is 0.923. The lowest BCUT2D eigenvalue weighted by Gasteiger charge is -2.29. The maximum absolute atomic E-state index is 11.8. The summed E-state index contributed by atoms with van der Waals surface area (Å²) < 4.78 is 0. The molecule has 0 saturated carbocycles. The van der Waals surface area contributed by atoms with E-state index in [9.17, 15) is 4.79 Å². The Labute approximate surface area is 99.4 Å². The van der Waals surface area contributed by atoms with Gasteiger partial charge in [-0.25, -0.2) is 0 Å². The van der Waals surface area contributed by atoms with Crippen molar-refractivity contribution >= 4 is 5.91 Å². The molecule has 1 amide bonds. The summed E-state index contributed by atoms with van der Waals surface area (Å²) in [6.45, 7) is 10.5. The highest BCUT2D eigenvalue weighted by molar-refractivity contribution is 5.76. The molecule has 1 heterocycles. The first-order valence-corrected chi connectivity index (χ1v) is 6.40. The van der Waals surface area contributed by atoms with Gasteiger partial charge in [-0.3, -0.25) is 4.79 Å². The highest BCUT2D eigenvalue weighted by Crippen LogP contribution is 2.24. The van der Waals surface area contributed by atoms with E-state index < -0.39 is 0 Å². The van der Waals surface area contributed by atoms with Crippen LogP contribution in [0.25, 0.3) is 0 Å². The summed E-state index contributed by atoms with van der Waals surface area (Å²) in [6, 6.07) is 0. The Morgan fingerprint density at radius 2 is 1.94 bits per heavy atom. The van der Waals surface area contributed by atoms with Gasteiger partial charge in [-0.1, -0.05) is 6.92 Å². The second-order valence-corrected chi connectivity index (χ2v) is 6.07. The van der Waals surface area contributed by atoms with Crippen LogP contribution in [0.4, 0.5) is 0 Å². The Balaban J connectivity index is 2.32. The van der Waals surface area contributed by atoms with Crippen LogP contribution < -0.4 is 10.6 Å². The molecule has 1 rings (SSSR count). The van der Waals surface area contributed by atoms with E-state index in [2.05, 4.69) is 17.6 Å². The van der Waals surface area contributed by atoms with E-state index in [-0.39, 0.29) is 11.4 Å². The number of nitrogens with one attached hydrogen (secondary N) is 2. The molecule has 0 aromatic rings. The van der Waals surface area contributed by atoms with Gasteiger partial charge < -0.3 is 10.6 Å². The normalized spacial score (nSPS) is 20.5. The third-order valence-electron chi connectivity index (χ3n) is 3.21. The maximum Gasteiger partial charge on any atom is 0.220 e. The molecule has 3 heteroatoms. The second-order valence-electron chi connectivity index (χ2n) is 6.07. The van der Waals surface area contributed by atoms with Gasteiger partial charge in [0.2, 0.25) is 5.91 Å². The van der Waals surface area contributed by atoms with Crippen molar-refractivity contribution < 1.29 is 4.79 Å². The van der Waals surface area contributed by atoms with E-state index in [4.69, 9.17) is 0 Å². The van der Waals surface area contributed by atoms with Crippen molar-refractivity contribution in [2.75, 3.05) is 13.1 Å². The molecule has 94 valence electrons. The lowest BCUT2D eigenvalue weighted by molar-refractivity contribution is -0.123. The van der Waals surface area contributed by atoms with Crippen molar-refractivity contribution in [1.29, 1.82) is 0 Å². The summed E-state index contributed by atoms with van der Waals surface area (Å²) in [5.41, 5.74) is -0.106. The smallest absolute Gasteiger partial charge is 0.220 e. The van der Waals surface area contributed by atoms with E-state index in [0.29, 0.717) is 18.3 Å². The summed E-state index contributed by atoms with van der Waals surface area (Å²) in [5.74, 6) is 1.41. The molecule has 1 saturated heterocycles. The largest absolute Gasteiger partial charge is 0.352 e. The summed E-state index contributed by atoms with van der Waals surface area (Å²) >= 11 is 0. The number of hydrogen-bond donors (Lipinski definition) is 2. The van der Waals surface area contributed by atoms with Gasteiger partial charge in [0.15, 0.2) is 0 Å². The van der Waals surface area contributed by atoms with Crippen LogP contribution in [0, 0.1) is 11.8 Å². The van der Waals surface area contributed by atoms with E-state index in [1.165, 1.54) is 12.8 Å². The predicted octanol–water partition coefficient (Wildman–Crippen LogP) is 1.93. The zero-order chi connectivity index (χ0) is 12.2. The first kappa shape index (κ1) is 13.5. The van der Waals surface area contributed by atoms with Crippen LogP contribution in [0.5, 0.6) is 0 Å². The van der Waals surface area contributed by atoms with Crippen molar-refractivity contribution in [2.45, 2.75) is 52.5 Å². The van der Waals surface area contributed by atoms with Crippen molar-refractivity contribution in [3.63, 3.8) is 0 Å². The molecule has 1 fully saturated rings. The summed E-state index contributed by atoms with van der Waals surface area (Å²) in [4.78, 5) is 11.8. The highest BCUT2D eigenvalue weighted by atomic mass is 16.1. The van der Waals surface area contributed by atoms with Crippen molar-refractivity contribution in [2.24, 2.45) is 11.8 Å². The minimum atomic E-state index is -0.106. The van der Waals surface area contributed by atoms with Crippen LogP contribution in [0.2, 0.25) is 0 Å². The number of piperidine rings is 1. The van der Waals surface area contributed by atoms with Crippen molar-refractivity contribution in [1.82, 2.24) is 10.6 Å². The van der Waals surface area contributed by atoms with Crippen LogP contribution in [-0.4, -0.2) is 24.5 Å². The number of amides is 1. The molecule has 1 atom stereocenters. The Hall–Kier alpha value is -0.570. The minimum Gasteiger partial charge on any atom is -0.352 e. The van der Waals surface area contributed by atoms with Crippen molar-refractivity contribution in [3.8, 4) is 0 Å². The fourth-order valence-electron chi connectivity index (χ4n) is 2.34. The van der Waals surface area contributed by atoms with E-state index in [1.807, 2.05) is 20.8 Å². The van der Waals surface area contributed by atoms with Gasteiger partial charge in [-0.05, 0) is 58.5 Å². The van der Waals surface area contributed by atoms with Gasteiger partial charge >= 0.3 is 0 Å². The van der Waals surface area contributed by atoms with Crippen LogP contribution in [0.3, 0.4) is 0 Å². The molecule has 0 aromatic carbocycles. The average molecular weight is 226 g/mol. The first-order valence-electron chi connectivity index (χ1n) is 6.40. The summed E-state index contributed by atoms with van der Waals surface area (Å²) in [5, 5.41) is 6.40. The molecule has 16 heavy (non-hydrogen) atoms. The standard InChI is InChI=1S/C13H26N2O/c1-10(11-5-7-14-8-6-11)9-12(16)15-13(2,3)4/h10-11,14H,5-9H2,1-4H3,(H,15,16). The monoisotopic (exact) mass is 226 g/mol. The molecule has 1 unspecified atom stereocenters.